The zero-order valence-electron chi connectivity index (χ0n) is 9.96. The van der Waals surface area contributed by atoms with Crippen molar-refractivity contribution in [1.82, 2.24) is 9.97 Å². The van der Waals surface area contributed by atoms with Crippen molar-refractivity contribution < 1.29 is 4.39 Å². The molecule has 0 saturated heterocycles. The topological polar surface area (TPSA) is 49.8 Å². The first-order valence-corrected chi connectivity index (χ1v) is 6.41. The molecule has 0 aliphatic heterocycles. The predicted octanol–water partition coefficient (Wildman–Crippen LogP) is 3.31. The molecule has 0 aliphatic carbocycles. The summed E-state index contributed by atoms with van der Waals surface area (Å²) in [4.78, 5) is 7.85. The van der Waals surface area contributed by atoms with E-state index in [1.165, 1.54) is 0 Å². The molecule has 6 heteroatoms. The van der Waals surface area contributed by atoms with Crippen molar-refractivity contribution in [2.45, 2.75) is 6.92 Å². The molecule has 2 aromatic rings. The molecular weight excluding hydrogens is 346 g/mol. The molecule has 0 saturated carbocycles. The van der Waals surface area contributed by atoms with E-state index in [0.717, 1.165) is 21.0 Å². The summed E-state index contributed by atoms with van der Waals surface area (Å²) in [5.74, 6) is 0.0638. The van der Waals surface area contributed by atoms with Gasteiger partial charge in [0.2, 0.25) is 5.95 Å². The summed E-state index contributed by atoms with van der Waals surface area (Å²) in [5, 5.41) is 5.76. The van der Waals surface area contributed by atoms with Gasteiger partial charge in [-0.15, -0.1) is 0 Å². The van der Waals surface area contributed by atoms with Gasteiger partial charge >= 0.3 is 0 Å². The summed E-state index contributed by atoms with van der Waals surface area (Å²) in [7, 11) is 1.69. The van der Waals surface area contributed by atoms with E-state index in [4.69, 9.17) is 0 Å². The Bertz CT molecular complexity index is 574. The van der Waals surface area contributed by atoms with Crippen LogP contribution in [0, 0.1) is 16.3 Å². The van der Waals surface area contributed by atoms with Crippen LogP contribution >= 0.6 is 22.6 Å². The van der Waals surface area contributed by atoms with E-state index in [1.807, 2.05) is 25.1 Å². The van der Waals surface area contributed by atoms with Crippen LogP contribution in [0.1, 0.15) is 5.56 Å². The molecule has 0 bridgehead atoms. The molecule has 0 fully saturated rings. The number of aryl methyl sites for hydroxylation is 1. The van der Waals surface area contributed by atoms with Crippen LogP contribution in [-0.4, -0.2) is 17.0 Å². The van der Waals surface area contributed by atoms with Gasteiger partial charge < -0.3 is 10.6 Å². The number of rotatable bonds is 3. The lowest BCUT2D eigenvalue weighted by Crippen LogP contribution is -2.03. The monoisotopic (exact) mass is 358 g/mol. The summed E-state index contributed by atoms with van der Waals surface area (Å²) in [6.07, 6.45) is 1.14. The molecule has 2 rings (SSSR count). The third-order valence-electron chi connectivity index (χ3n) is 2.42. The Hall–Kier alpha value is -1.44. The molecule has 1 aromatic carbocycles. The van der Waals surface area contributed by atoms with Crippen LogP contribution in [0.5, 0.6) is 0 Å². The van der Waals surface area contributed by atoms with Crippen LogP contribution in [-0.2, 0) is 0 Å². The van der Waals surface area contributed by atoms with Gasteiger partial charge in [0.15, 0.2) is 11.6 Å². The molecule has 1 heterocycles. The molecule has 0 spiro atoms. The molecule has 1 aromatic heterocycles. The average molecular weight is 358 g/mol. The Balaban J connectivity index is 2.36. The lowest BCUT2D eigenvalue weighted by atomic mass is 10.2. The van der Waals surface area contributed by atoms with Crippen LogP contribution in [0.2, 0.25) is 0 Å². The van der Waals surface area contributed by atoms with Crippen molar-refractivity contribution in [3.63, 3.8) is 0 Å². The van der Waals surface area contributed by atoms with Crippen molar-refractivity contribution >= 4 is 40.0 Å². The van der Waals surface area contributed by atoms with Gasteiger partial charge in [0.25, 0.3) is 0 Å². The second kappa shape index (κ2) is 5.47. The van der Waals surface area contributed by atoms with Crippen LogP contribution < -0.4 is 10.6 Å². The van der Waals surface area contributed by atoms with Crippen molar-refractivity contribution in [3.8, 4) is 0 Å². The van der Waals surface area contributed by atoms with E-state index >= 15 is 0 Å². The molecule has 94 valence electrons. The molecule has 0 radical (unpaired) electrons. The fourth-order valence-electron chi connectivity index (χ4n) is 1.43. The molecule has 0 atom stereocenters. The third-order valence-corrected chi connectivity index (χ3v) is 3.09. The molecular formula is C12H12FIN4. The minimum atomic E-state index is -0.479. The van der Waals surface area contributed by atoms with E-state index in [2.05, 4.69) is 43.2 Å². The average Bonchev–Trinajstić information content (AvgIpc) is 2.36. The summed E-state index contributed by atoms with van der Waals surface area (Å²) in [5.41, 5.74) is 1.86. The maximum absolute atomic E-state index is 13.6. The highest BCUT2D eigenvalue weighted by molar-refractivity contribution is 14.1. The van der Waals surface area contributed by atoms with E-state index in [-0.39, 0.29) is 5.82 Å². The van der Waals surface area contributed by atoms with Crippen molar-refractivity contribution in [1.29, 1.82) is 0 Å². The fourth-order valence-corrected chi connectivity index (χ4v) is 1.92. The Morgan fingerprint density at radius 1 is 1.33 bits per heavy atom. The van der Waals surface area contributed by atoms with Gasteiger partial charge in [-0.3, -0.25) is 0 Å². The van der Waals surface area contributed by atoms with Gasteiger partial charge in [-0.2, -0.15) is 4.98 Å². The lowest BCUT2D eigenvalue weighted by Gasteiger charge is -2.10. The second-order valence-corrected chi connectivity index (χ2v) is 4.97. The number of anilines is 3. The summed E-state index contributed by atoms with van der Waals surface area (Å²) in [6.45, 7) is 1.95. The summed E-state index contributed by atoms with van der Waals surface area (Å²) < 4.78 is 14.7. The highest BCUT2D eigenvalue weighted by Gasteiger charge is 2.08. The molecule has 0 amide bonds. The minimum Gasteiger partial charge on any atom is -0.357 e. The van der Waals surface area contributed by atoms with Gasteiger partial charge in [-0.05, 0) is 47.2 Å². The Kier molecular flexibility index (Phi) is 3.95. The van der Waals surface area contributed by atoms with Crippen molar-refractivity contribution in [2.75, 3.05) is 17.7 Å². The highest BCUT2D eigenvalue weighted by atomic mass is 127. The zero-order chi connectivity index (χ0) is 13.1. The van der Waals surface area contributed by atoms with Crippen LogP contribution in [0.4, 0.5) is 21.8 Å². The molecule has 0 unspecified atom stereocenters. The van der Waals surface area contributed by atoms with Crippen LogP contribution in [0.3, 0.4) is 0 Å². The number of nitrogens with one attached hydrogen (secondary N) is 2. The maximum Gasteiger partial charge on any atom is 0.224 e. The normalized spacial score (nSPS) is 10.2. The second-order valence-electron chi connectivity index (χ2n) is 3.72. The Labute approximate surface area is 118 Å². The Morgan fingerprint density at radius 2 is 2.11 bits per heavy atom. The van der Waals surface area contributed by atoms with Crippen molar-refractivity contribution in [2.24, 2.45) is 0 Å². The predicted molar refractivity (Wildman–Crippen MR) is 78.7 cm³/mol. The molecule has 4 nitrogen and oxygen atoms in total. The zero-order valence-corrected chi connectivity index (χ0v) is 12.1. The standard InChI is InChI=1S/C12H12FIN4/c1-7-3-4-8(14)5-10(7)17-11-9(13)6-16-12(15-2)18-11/h3-6H,1-2H3,(H2,15,16,17,18). The maximum atomic E-state index is 13.6. The summed E-state index contributed by atoms with van der Waals surface area (Å²) >= 11 is 2.21. The number of halogens is 2. The fraction of sp³-hybridized carbons (Fsp3) is 0.167. The molecule has 18 heavy (non-hydrogen) atoms. The van der Waals surface area contributed by atoms with Gasteiger partial charge in [0.05, 0.1) is 6.20 Å². The number of nitrogens with zero attached hydrogens (tertiary/aromatic N) is 2. The first-order chi connectivity index (χ1) is 8.60. The van der Waals surface area contributed by atoms with Gasteiger partial charge in [-0.25, -0.2) is 9.37 Å². The molecule has 2 N–H and O–H groups in total. The largest absolute Gasteiger partial charge is 0.357 e. The van der Waals surface area contributed by atoms with Crippen LogP contribution in [0.25, 0.3) is 0 Å². The molecule has 0 aliphatic rings. The third kappa shape index (κ3) is 2.87. The van der Waals surface area contributed by atoms with Gasteiger partial charge in [0.1, 0.15) is 0 Å². The number of aromatic nitrogens is 2. The van der Waals surface area contributed by atoms with E-state index in [0.29, 0.717) is 5.95 Å². The smallest absolute Gasteiger partial charge is 0.224 e. The van der Waals surface area contributed by atoms with E-state index in [9.17, 15) is 4.39 Å². The highest BCUT2D eigenvalue weighted by Crippen LogP contribution is 2.23. The number of hydrogen-bond donors (Lipinski definition) is 2. The van der Waals surface area contributed by atoms with Gasteiger partial charge in [-0.1, -0.05) is 6.07 Å². The number of hydrogen-bond acceptors (Lipinski definition) is 4. The quantitative estimate of drug-likeness (QED) is 0.827. The Morgan fingerprint density at radius 3 is 2.83 bits per heavy atom. The van der Waals surface area contributed by atoms with E-state index < -0.39 is 5.82 Å². The minimum absolute atomic E-state index is 0.166. The number of benzene rings is 1. The van der Waals surface area contributed by atoms with E-state index in [1.54, 1.807) is 7.05 Å². The van der Waals surface area contributed by atoms with Gasteiger partial charge in [0, 0.05) is 16.3 Å². The lowest BCUT2D eigenvalue weighted by molar-refractivity contribution is 0.619. The first-order valence-electron chi connectivity index (χ1n) is 5.33. The SMILES string of the molecule is CNc1ncc(F)c(Nc2cc(I)ccc2C)n1. The van der Waals surface area contributed by atoms with Crippen LogP contribution in [0.15, 0.2) is 24.4 Å². The summed E-state index contributed by atoms with van der Waals surface area (Å²) in [6, 6.07) is 5.91. The van der Waals surface area contributed by atoms with Crippen molar-refractivity contribution in [3.05, 3.63) is 39.3 Å². The first kappa shape index (κ1) is 13.0.